The summed E-state index contributed by atoms with van der Waals surface area (Å²) in [5.41, 5.74) is 0. The maximum Gasteiger partial charge on any atom is 0.308 e. The van der Waals surface area contributed by atoms with E-state index in [-0.39, 0.29) is 17.8 Å². The summed E-state index contributed by atoms with van der Waals surface area (Å²) in [6.07, 6.45) is 0. The summed E-state index contributed by atoms with van der Waals surface area (Å²) < 4.78 is 0. The van der Waals surface area contributed by atoms with Gasteiger partial charge in [-0.05, 0) is 12.8 Å². The predicted molar refractivity (Wildman–Crippen MR) is 37.2 cm³/mol. The minimum atomic E-state index is -0.708. The van der Waals surface area contributed by atoms with E-state index in [2.05, 4.69) is 11.8 Å². The van der Waals surface area contributed by atoms with Crippen molar-refractivity contribution < 1.29 is 9.90 Å². The largest absolute Gasteiger partial charge is 0.481 e. The molecule has 54 valence electrons. The average molecular weight is 138 g/mol. The summed E-state index contributed by atoms with van der Waals surface area (Å²) in [5.74, 6) is 5.06. The highest BCUT2D eigenvalue weighted by Gasteiger charge is 2.51. The van der Waals surface area contributed by atoms with Gasteiger partial charge < -0.3 is 5.11 Å². The van der Waals surface area contributed by atoms with E-state index in [1.807, 2.05) is 6.92 Å². The summed E-state index contributed by atoms with van der Waals surface area (Å²) in [6, 6.07) is 0. The molecule has 0 aromatic carbocycles. The fraction of sp³-hybridized carbons (Fsp3) is 0.625. The third-order valence-electron chi connectivity index (χ3n) is 1.98. The second kappa shape index (κ2) is 2.34. The van der Waals surface area contributed by atoms with Crippen molar-refractivity contribution in [2.24, 2.45) is 17.8 Å². The molecule has 1 saturated carbocycles. The summed E-state index contributed by atoms with van der Waals surface area (Å²) >= 11 is 0. The Hall–Kier alpha value is -0.970. The highest BCUT2D eigenvalue weighted by Crippen LogP contribution is 2.45. The van der Waals surface area contributed by atoms with Crippen molar-refractivity contribution >= 4 is 5.97 Å². The van der Waals surface area contributed by atoms with Crippen LogP contribution >= 0.6 is 0 Å². The number of rotatable bonds is 1. The van der Waals surface area contributed by atoms with E-state index in [0.717, 1.165) is 0 Å². The molecule has 2 heteroatoms. The minimum Gasteiger partial charge on any atom is -0.481 e. The van der Waals surface area contributed by atoms with Crippen molar-refractivity contribution in [2.45, 2.75) is 13.8 Å². The number of carboxylic acid groups (broad SMARTS) is 1. The van der Waals surface area contributed by atoms with Crippen LogP contribution in [-0.4, -0.2) is 11.1 Å². The molecule has 0 saturated heterocycles. The molecule has 1 fully saturated rings. The van der Waals surface area contributed by atoms with Gasteiger partial charge in [-0.25, -0.2) is 0 Å². The van der Waals surface area contributed by atoms with Crippen LogP contribution in [0.4, 0.5) is 0 Å². The lowest BCUT2D eigenvalue weighted by Crippen LogP contribution is -1.99. The molecule has 0 spiro atoms. The van der Waals surface area contributed by atoms with Crippen LogP contribution in [0, 0.1) is 29.6 Å². The highest BCUT2D eigenvalue weighted by molar-refractivity contribution is 5.75. The van der Waals surface area contributed by atoms with E-state index in [0.29, 0.717) is 0 Å². The van der Waals surface area contributed by atoms with Gasteiger partial charge >= 0.3 is 5.97 Å². The Morgan fingerprint density at radius 3 is 2.50 bits per heavy atom. The number of hydrogen-bond donors (Lipinski definition) is 1. The SMILES string of the molecule is CC#C[C@@H]1C(C)[C@H]1C(=O)O. The summed E-state index contributed by atoms with van der Waals surface area (Å²) in [6.45, 7) is 3.66. The van der Waals surface area contributed by atoms with E-state index in [1.54, 1.807) is 6.92 Å². The molecule has 1 aliphatic rings. The lowest BCUT2D eigenvalue weighted by Gasteiger charge is -1.81. The van der Waals surface area contributed by atoms with Crippen LogP contribution in [0.15, 0.2) is 0 Å². The normalized spacial score (nSPS) is 36.0. The fourth-order valence-corrected chi connectivity index (χ4v) is 1.23. The zero-order chi connectivity index (χ0) is 7.72. The molecule has 0 radical (unpaired) electrons. The molecule has 2 nitrogen and oxygen atoms in total. The van der Waals surface area contributed by atoms with Crippen LogP contribution in [-0.2, 0) is 4.79 Å². The Balaban J connectivity index is 2.54. The van der Waals surface area contributed by atoms with Crippen LogP contribution in [0.5, 0.6) is 0 Å². The highest BCUT2D eigenvalue weighted by atomic mass is 16.4. The second-order valence-electron chi connectivity index (χ2n) is 2.64. The van der Waals surface area contributed by atoms with Crippen molar-refractivity contribution in [3.05, 3.63) is 0 Å². The first-order chi connectivity index (χ1) is 4.68. The second-order valence-corrected chi connectivity index (χ2v) is 2.64. The van der Waals surface area contributed by atoms with Gasteiger partial charge in [-0.15, -0.1) is 5.92 Å². The molecular formula is C8H10O2. The monoisotopic (exact) mass is 138 g/mol. The molecule has 1 unspecified atom stereocenters. The van der Waals surface area contributed by atoms with Crippen molar-refractivity contribution in [1.29, 1.82) is 0 Å². The van der Waals surface area contributed by atoms with Crippen molar-refractivity contribution in [1.82, 2.24) is 0 Å². The quantitative estimate of drug-likeness (QED) is 0.548. The molecule has 0 aromatic rings. The van der Waals surface area contributed by atoms with E-state index < -0.39 is 5.97 Å². The third-order valence-corrected chi connectivity index (χ3v) is 1.98. The molecular weight excluding hydrogens is 128 g/mol. The van der Waals surface area contributed by atoms with Crippen molar-refractivity contribution in [3.8, 4) is 11.8 Å². The smallest absolute Gasteiger partial charge is 0.308 e. The topological polar surface area (TPSA) is 37.3 Å². The third kappa shape index (κ3) is 0.995. The van der Waals surface area contributed by atoms with Crippen LogP contribution < -0.4 is 0 Å². The molecule has 1 N–H and O–H groups in total. The number of aliphatic carboxylic acids is 1. The fourth-order valence-electron chi connectivity index (χ4n) is 1.23. The van der Waals surface area contributed by atoms with Gasteiger partial charge in [0.15, 0.2) is 0 Å². The van der Waals surface area contributed by atoms with Gasteiger partial charge in [0.05, 0.1) is 5.92 Å². The summed E-state index contributed by atoms with van der Waals surface area (Å²) in [4.78, 5) is 10.4. The first-order valence-electron chi connectivity index (χ1n) is 3.33. The molecule has 3 atom stereocenters. The zero-order valence-corrected chi connectivity index (χ0v) is 6.09. The average Bonchev–Trinajstić information content (AvgIpc) is 2.43. The van der Waals surface area contributed by atoms with Gasteiger partial charge in [-0.1, -0.05) is 12.8 Å². The first kappa shape index (κ1) is 7.14. The Morgan fingerprint density at radius 1 is 1.60 bits per heavy atom. The molecule has 0 aliphatic heterocycles. The lowest BCUT2D eigenvalue weighted by atomic mass is 10.3. The Morgan fingerprint density at radius 2 is 2.20 bits per heavy atom. The Kier molecular flexibility index (Phi) is 1.67. The van der Waals surface area contributed by atoms with Crippen LogP contribution in [0.1, 0.15) is 13.8 Å². The molecule has 10 heavy (non-hydrogen) atoms. The van der Waals surface area contributed by atoms with Gasteiger partial charge in [0.25, 0.3) is 0 Å². The van der Waals surface area contributed by atoms with Gasteiger partial charge in [-0.2, -0.15) is 0 Å². The van der Waals surface area contributed by atoms with Crippen molar-refractivity contribution in [2.75, 3.05) is 0 Å². The molecule has 0 amide bonds. The lowest BCUT2D eigenvalue weighted by molar-refractivity contribution is -0.139. The van der Waals surface area contributed by atoms with E-state index in [9.17, 15) is 4.79 Å². The maximum atomic E-state index is 10.4. The first-order valence-corrected chi connectivity index (χ1v) is 3.33. The molecule has 1 aliphatic carbocycles. The maximum absolute atomic E-state index is 10.4. The number of hydrogen-bond acceptors (Lipinski definition) is 1. The van der Waals surface area contributed by atoms with Gasteiger partial charge in [-0.3, -0.25) is 4.79 Å². The van der Waals surface area contributed by atoms with Gasteiger partial charge in [0.2, 0.25) is 0 Å². The van der Waals surface area contributed by atoms with Crippen LogP contribution in [0.25, 0.3) is 0 Å². The summed E-state index contributed by atoms with van der Waals surface area (Å²) in [5, 5.41) is 8.55. The molecule has 0 heterocycles. The van der Waals surface area contributed by atoms with Gasteiger partial charge in [0.1, 0.15) is 0 Å². The molecule has 0 bridgehead atoms. The Labute approximate surface area is 60.2 Å². The van der Waals surface area contributed by atoms with E-state index in [4.69, 9.17) is 5.11 Å². The van der Waals surface area contributed by atoms with Crippen LogP contribution in [0.3, 0.4) is 0 Å². The van der Waals surface area contributed by atoms with E-state index in [1.165, 1.54) is 0 Å². The standard InChI is InChI=1S/C8H10O2/c1-3-4-6-5(2)7(6)8(9)10/h5-7H,1-2H3,(H,9,10)/t5?,6-,7-/m1/s1. The van der Waals surface area contributed by atoms with Crippen molar-refractivity contribution in [3.63, 3.8) is 0 Å². The van der Waals surface area contributed by atoms with Gasteiger partial charge in [0, 0.05) is 5.92 Å². The predicted octanol–water partition coefficient (Wildman–Crippen LogP) is 0.976. The van der Waals surface area contributed by atoms with Crippen LogP contribution in [0.2, 0.25) is 0 Å². The van der Waals surface area contributed by atoms with E-state index >= 15 is 0 Å². The number of carbonyl (C=O) groups is 1. The summed E-state index contributed by atoms with van der Waals surface area (Å²) in [7, 11) is 0. The molecule has 1 rings (SSSR count). The zero-order valence-electron chi connectivity index (χ0n) is 6.09. The minimum absolute atomic E-state index is 0.113. The molecule has 0 aromatic heterocycles. The number of carboxylic acids is 1. The Bertz CT molecular complexity index is 209.